The Bertz CT molecular complexity index is 685. The highest BCUT2D eigenvalue weighted by atomic mass is 16.5. The van der Waals surface area contributed by atoms with Crippen LogP contribution in [0, 0.1) is 11.3 Å². The Morgan fingerprint density at radius 2 is 2.12 bits per heavy atom. The number of nitrogens with zero attached hydrogens (tertiary/aromatic N) is 2. The van der Waals surface area contributed by atoms with E-state index in [-0.39, 0.29) is 23.1 Å². The third-order valence-electron chi connectivity index (χ3n) is 5.92. The van der Waals surface area contributed by atoms with Gasteiger partial charge >= 0.3 is 0 Å². The van der Waals surface area contributed by atoms with Crippen LogP contribution in [0.2, 0.25) is 0 Å². The normalized spacial score (nSPS) is 26.4. The van der Waals surface area contributed by atoms with Crippen LogP contribution in [0.5, 0.6) is 5.75 Å². The van der Waals surface area contributed by atoms with E-state index in [1.165, 1.54) is 0 Å². The van der Waals surface area contributed by atoms with E-state index in [1.807, 2.05) is 34.1 Å². The monoisotopic (exact) mass is 342 g/mol. The quantitative estimate of drug-likeness (QED) is 0.844. The number of piperidine rings is 1. The predicted octanol–water partition coefficient (Wildman–Crippen LogP) is 2.45. The van der Waals surface area contributed by atoms with E-state index in [0.717, 1.165) is 56.5 Å². The Morgan fingerprint density at radius 3 is 2.88 bits per heavy atom. The third-order valence-corrected chi connectivity index (χ3v) is 5.92. The fourth-order valence-electron chi connectivity index (χ4n) is 4.32. The van der Waals surface area contributed by atoms with Crippen molar-refractivity contribution in [3.05, 3.63) is 29.8 Å². The minimum Gasteiger partial charge on any atom is -0.497 e. The molecule has 0 aromatic heterocycles. The van der Waals surface area contributed by atoms with Gasteiger partial charge in [-0.05, 0) is 49.8 Å². The maximum absolute atomic E-state index is 13.2. The maximum atomic E-state index is 13.2. The predicted molar refractivity (Wildman–Crippen MR) is 94.0 cm³/mol. The van der Waals surface area contributed by atoms with Crippen LogP contribution in [-0.2, 0) is 16.1 Å². The molecule has 4 rings (SSSR count). The molecule has 1 unspecified atom stereocenters. The van der Waals surface area contributed by atoms with Crippen molar-refractivity contribution in [2.24, 2.45) is 11.3 Å². The van der Waals surface area contributed by atoms with E-state index in [4.69, 9.17) is 4.74 Å². The van der Waals surface area contributed by atoms with E-state index < -0.39 is 0 Å². The molecule has 1 aliphatic carbocycles. The molecule has 0 N–H and O–H groups in total. The Labute approximate surface area is 148 Å². The molecule has 3 aliphatic rings. The first-order chi connectivity index (χ1) is 12.1. The summed E-state index contributed by atoms with van der Waals surface area (Å²) in [5.74, 6) is 1.56. The zero-order valence-electron chi connectivity index (χ0n) is 14.9. The summed E-state index contributed by atoms with van der Waals surface area (Å²) in [5.41, 5.74) is 0.746. The first-order valence-corrected chi connectivity index (χ1v) is 9.32. The van der Waals surface area contributed by atoms with E-state index in [1.54, 1.807) is 7.11 Å². The van der Waals surface area contributed by atoms with Gasteiger partial charge in [0.05, 0.1) is 12.5 Å². The molecule has 2 saturated heterocycles. The summed E-state index contributed by atoms with van der Waals surface area (Å²) >= 11 is 0. The highest BCUT2D eigenvalue weighted by molar-refractivity contribution is 5.87. The number of carbonyl (C=O) groups is 2. The van der Waals surface area contributed by atoms with Gasteiger partial charge in [-0.3, -0.25) is 9.59 Å². The Kier molecular flexibility index (Phi) is 4.18. The summed E-state index contributed by atoms with van der Waals surface area (Å²) in [5, 5.41) is 0. The van der Waals surface area contributed by atoms with Crippen molar-refractivity contribution in [2.45, 2.75) is 38.6 Å². The van der Waals surface area contributed by atoms with Crippen LogP contribution in [0.4, 0.5) is 0 Å². The third kappa shape index (κ3) is 3.12. The largest absolute Gasteiger partial charge is 0.497 e. The SMILES string of the molecule is COc1cccc(CN2CCCC3(CCN(C(=O)C4CC4)C3)C2=O)c1. The van der Waals surface area contributed by atoms with Crippen LogP contribution < -0.4 is 4.74 Å². The second-order valence-electron chi connectivity index (χ2n) is 7.75. The number of amides is 2. The lowest BCUT2D eigenvalue weighted by Gasteiger charge is -2.39. The van der Waals surface area contributed by atoms with Crippen LogP contribution in [-0.4, -0.2) is 48.4 Å². The Morgan fingerprint density at radius 1 is 1.28 bits per heavy atom. The summed E-state index contributed by atoms with van der Waals surface area (Å²) in [6, 6.07) is 7.91. The lowest BCUT2D eigenvalue weighted by Crippen LogP contribution is -2.50. The molecule has 5 heteroatoms. The fraction of sp³-hybridized carbons (Fsp3) is 0.600. The number of rotatable bonds is 4. The van der Waals surface area contributed by atoms with Gasteiger partial charge < -0.3 is 14.5 Å². The van der Waals surface area contributed by atoms with E-state index in [9.17, 15) is 9.59 Å². The highest BCUT2D eigenvalue weighted by Gasteiger charge is 2.50. The number of hydrogen-bond donors (Lipinski definition) is 0. The van der Waals surface area contributed by atoms with Crippen molar-refractivity contribution >= 4 is 11.8 Å². The average molecular weight is 342 g/mol. The van der Waals surface area contributed by atoms with Gasteiger partial charge in [-0.2, -0.15) is 0 Å². The van der Waals surface area contributed by atoms with Gasteiger partial charge in [-0.1, -0.05) is 12.1 Å². The molecule has 2 heterocycles. The zero-order valence-corrected chi connectivity index (χ0v) is 14.9. The molecular formula is C20H26N2O3. The van der Waals surface area contributed by atoms with Crippen molar-refractivity contribution in [1.29, 1.82) is 0 Å². The minimum atomic E-state index is -0.346. The van der Waals surface area contributed by atoms with Crippen molar-refractivity contribution in [1.82, 2.24) is 9.80 Å². The van der Waals surface area contributed by atoms with Crippen molar-refractivity contribution in [3.63, 3.8) is 0 Å². The van der Waals surface area contributed by atoms with Crippen LogP contribution >= 0.6 is 0 Å². The average Bonchev–Trinajstić information content (AvgIpc) is 3.40. The van der Waals surface area contributed by atoms with E-state index in [2.05, 4.69) is 0 Å². The number of hydrogen-bond acceptors (Lipinski definition) is 3. The Balaban J connectivity index is 1.46. The molecule has 1 aromatic rings. The van der Waals surface area contributed by atoms with Gasteiger partial charge in [0.2, 0.25) is 11.8 Å². The molecule has 2 aliphatic heterocycles. The summed E-state index contributed by atoms with van der Waals surface area (Å²) in [6.45, 7) is 2.78. The smallest absolute Gasteiger partial charge is 0.230 e. The lowest BCUT2D eigenvalue weighted by atomic mass is 9.78. The zero-order chi connectivity index (χ0) is 17.4. The van der Waals surface area contributed by atoms with Crippen LogP contribution in [0.15, 0.2) is 24.3 Å². The molecule has 2 amide bonds. The Hall–Kier alpha value is -2.04. The molecule has 3 fully saturated rings. The number of benzene rings is 1. The highest BCUT2D eigenvalue weighted by Crippen LogP contribution is 2.42. The van der Waals surface area contributed by atoms with Gasteiger partial charge in [0.1, 0.15) is 5.75 Å². The summed E-state index contributed by atoms with van der Waals surface area (Å²) in [6.07, 6.45) is 4.80. The van der Waals surface area contributed by atoms with Crippen molar-refractivity contribution in [3.8, 4) is 5.75 Å². The number of carbonyl (C=O) groups excluding carboxylic acids is 2. The van der Waals surface area contributed by atoms with Crippen molar-refractivity contribution < 1.29 is 14.3 Å². The molecule has 1 aromatic carbocycles. The number of likely N-dealkylation sites (tertiary alicyclic amines) is 2. The standard InChI is InChI=1S/C20H26N2O3/c1-25-17-5-2-4-15(12-17)13-21-10-3-8-20(19(21)24)9-11-22(14-20)18(23)16-6-7-16/h2,4-5,12,16H,3,6-11,13-14H2,1H3. The van der Waals surface area contributed by atoms with Gasteiger partial charge in [-0.15, -0.1) is 0 Å². The second-order valence-corrected chi connectivity index (χ2v) is 7.75. The van der Waals surface area contributed by atoms with E-state index in [0.29, 0.717) is 13.1 Å². The molecule has 5 nitrogen and oxygen atoms in total. The molecule has 0 bridgehead atoms. The van der Waals surface area contributed by atoms with Gasteiger partial charge in [0, 0.05) is 32.1 Å². The maximum Gasteiger partial charge on any atom is 0.230 e. The fourth-order valence-corrected chi connectivity index (χ4v) is 4.32. The summed E-state index contributed by atoms with van der Waals surface area (Å²) in [4.78, 5) is 29.5. The van der Waals surface area contributed by atoms with Crippen molar-refractivity contribution in [2.75, 3.05) is 26.7 Å². The first-order valence-electron chi connectivity index (χ1n) is 9.32. The summed E-state index contributed by atoms with van der Waals surface area (Å²) in [7, 11) is 1.66. The van der Waals surface area contributed by atoms with Gasteiger partial charge in [0.25, 0.3) is 0 Å². The topological polar surface area (TPSA) is 49.9 Å². The van der Waals surface area contributed by atoms with Crippen LogP contribution in [0.1, 0.15) is 37.7 Å². The molecule has 1 atom stereocenters. The number of methoxy groups -OCH3 is 1. The molecular weight excluding hydrogens is 316 g/mol. The minimum absolute atomic E-state index is 0.229. The van der Waals surface area contributed by atoms with Crippen LogP contribution in [0.25, 0.3) is 0 Å². The lowest BCUT2D eigenvalue weighted by molar-refractivity contribution is -0.147. The number of ether oxygens (including phenoxy) is 1. The molecule has 1 spiro atoms. The first kappa shape index (κ1) is 16.4. The summed E-state index contributed by atoms with van der Waals surface area (Å²) < 4.78 is 5.29. The van der Waals surface area contributed by atoms with Crippen LogP contribution in [0.3, 0.4) is 0 Å². The molecule has 1 saturated carbocycles. The molecule has 134 valence electrons. The van der Waals surface area contributed by atoms with Gasteiger partial charge in [0.15, 0.2) is 0 Å². The van der Waals surface area contributed by atoms with Gasteiger partial charge in [-0.25, -0.2) is 0 Å². The molecule has 25 heavy (non-hydrogen) atoms. The molecule has 0 radical (unpaired) electrons. The second kappa shape index (κ2) is 6.36. The van der Waals surface area contributed by atoms with E-state index >= 15 is 0 Å².